The first-order valence-corrected chi connectivity index (χ1v) is 16.1. The van der Waals surface area contributed by atoms with Crippen molar-refractivity contribution in [3.05, 3.63) is 35.9 Å². The number of carbonyl (C=O) groups is 5. The first-order chi connectivity index (χ1) is 20.6. The molecule has 0 unspecified atom stereocenters. The van der Waals surface area contributed by atoms with Crippen LogP contribution >= 0.6 is 0 Å². The van der Waals surface area contributed by atoms with Crippen LogP contribution in [0.1, 0.15) is 86.6 Å². The van der Waals surface area contributed by atoms with Crippen molar-refractivity contribution in [3.63, 3.8) is 0 Å². The minimum atomic E-state index is -0.992. The minimum Gasteiger partial charge on any atom is -0.343 e. The number of hydrogen-bond acceptors (Lipinski definition) is 5. The molecule has 4 N–H and O–H groups in total. The summed E-state index contributed by atoms with van der Waals surface area (Å²) >= 11 is 0. The molecule has 0 bridgehead atoms. The van der Waals surface area contributed by atoms with Gasteiger partial charge < -0.3 is 26.2 Å². The highest BCUT2D eigenvalue weighted by molar-refractivity contribution is 5.98. The number of amides is 5. The highest BCUT2D eigenvalue weighted by Crippen LogP contribution is 2.17. The van der Waals surface area contributed by atoms with Crippen LogP contribution in [0.15, 0.2) is 30.3 Å². The molecule has 0 radical (unpaired) electrons. The molecule has 0 aliphatic carbocycles. The van der Waals surface area contributed by atoms with Gasteiger partial charge in [-0.15, -0.1) is 0 Å². The summed E-state index contributed by atoms with van der Waals surface area (Å²) in [7, 11) is 1.57. The van der Waals surface area contributed by atoms with Gasteiger partial charge in [-0.1, -0.05) is 85.7 Å². The zero-order chi connectivity index (χ0) is 33.1. The third kappa shape index (κ3) is 11.6. The Morgan fingerprint density at radius 1 is 0.545 bits per heavy atom. The summed E-state index contributed by atoms with van der Waals surface area (Å²) in [4.78, 5) is 70.5. The molecule has 1 saturated heterocycles. The predicted octanol–water partition coefficient (Wildman–Crippen LogP) is 3.19. The molecule has 0 aromatic heterocycles. The SMILES string of the molecule is CC(C)C[C@@H]1NC(=O)[C@H](Cc2ccccc2)NC(=O)[C@@H](CC(C)C)N(C)C(=O)[C@H](CC(C)C)NC(=O)[C@H](CC(C)C)NC1=O. The Balaban J connectivity index is 2.66. The molecule has 1 heterocycles. The Bertz CT molecular complexity index is 1120. The molecule has 5 amide bonds. The summed E-state index contributed by atoms with van der Waals surface area (Å²) in [6.45, 7) is 15.7. The normalized spacial score (nSPS) is 24.6. The van der Waals surface area contributed by atoms with Crippen molar-refractivity contribution in [1.29, 1.82) is 0 Å². The van der Waals surface area contributed by atoms with Crippen LogP contribution in [-0.2, 0) is 30.4 Å². The summed E-state index contributed by atoms with van der Waals surface area (Å²) < 4.78 is 0. The van der Waals surface area contributed by atoms with E-state index in [9.17, 15) is 24.0 Å². The second kappa shape index (κ2) is 17.2. The van der Waals surface area contributed by atoms with Crippen LogP contribution in [0.5, 0.6) is 0 Å². The van der Waals surface area contributed by atoms with Crippen molar-refractivity contribution in [3.8, 4) is 0 Å². The van der Waals surface area contributed by atoms with E-state index in [-0.39, 0.29) is 36.0 Å². The van der Waals surface area contributed by atoms with Crippen molar-refractivity contribution < 1.29 is 24.0 Å². The third-order valence-electron chi connectivity index (χ3n) is 7.73. The number of benzene rings is 1. The predicted molar refractivity (Wildman–Crippen MR) is 172 cm³/mol. The van der Waals surface area contributed by atoms with E-state index in [2.05, 4.69) is 21.3 Å². The first-order valence-electron chi connectivity index (χ1n) is 16.1. The van der Waals surface area contributed by atoms with Crippen LogP contribution in [-0.4, -0.2) is 71.7 Å². The van der Waals surface area contributed by atoms with E-state index in [0.29, 0.717) is 25.7 Å². The van der Waals surface area contributed by atoms with Gasteiger partial charge in [0.05, 0.1) is 0 Å². The highest BCUT2D eigenvalue weighted by Gasteiger charge is 2.37. The number of rotatable bonds is 10. The molecule has 5 atom stereocenters. The van der Waals surface area contributed by atoms with Gasteiger partial charge in [0, 0.05) is 13.5 Å². The standard InChI is InChI=1S/C34H55N5O5/c1-20(2)15-25-30(40)35-26(16-21(3)4)31(41)38-28(17-22(5)6)34(44)39(9)29(18-23(7)8)33(43)37-27(32(42)36-25)19-24-13-11-10-12-14-24/h10-14,20-23,25-29H,15-19H2,1-9H3,(H,35,40)(H,36,42)(H,37,43)(H,38,41)/t25-,26-,27-,28-,29+/m0/s1. The van der Waals surface area contributed by atoms with Gasteiger partial charge in [-0.05, 0) is 54.9 Å². The lowest BCUT2D eigenvalue weighted by Gasteiger charge is -2.33. The molecule has 1 aromatic carbocycles. The van der Waals surface area contributed by atoms with E-state index in [0.717, 1.165) is 5.56 Å². The van der Waals surface area contributed by atoms with E-state index in [1.165, 1.54) is 4.90 Å². The maximum atomic E-state index is 14.0. The summed E-state index contributed by atoms with van der Waals surface area (Å²) in [5.74, 6) is -2.03. The molecule has 10 heteroatoms. The lowest BCUT2D eigenvalue weighted by Crippen LogP contribution is -2.58. The Kier molecular flexibility index (Phi) is 14.3. The molecule has 1 aromatic rings. The molecule has 10 nitrogen and oxygen atoms in total. The van der Waals surface area contributed by atoms with Crippen molar-refractivity contribution in [2.24, 2.45) is 23.7 Å². The van der Waals surface area contributed by atoms with Gasteiger partial charge in [-0.25, -0.2) is 0 Å². The fourth-order valence-electron chi connectivity index (χ4n) is 5.53. The van der Waals surface area contributed by atoms with Gasteiger partial charge in [-0.3, -0.25) is 24.0 Å². The van der Waals surface area contributed by atoms with Crippen molar-refractivity contribution in [1.82, 2.24) is 26.2 Å². The summed E-state index contributed by atoms with van der Waals surface area (Å²) in [6, 6.07) is 4.76. The molecule has 0 spiro atoms. The smallest absolute Gasteiger partial charge is 0.245 e. The molecule has 1 aliphatic heterocycles. The molecule has 246 valence electrons. The molecular weight excluding hydrogens is 558 g/mol. The van der Waals surface area contributed by atoms with Crippen LogP contribution in [0.3, 0.4) is 0 Å². The van der Waals surface area contributed by atoms with Crippen LogP contribution in [0.2, 0.25) is 0 Å². The summed E-state index contributed by atoms with van der Waals surface area (Å²) in [6.07, 6.45) is 1.62. The van der Waals surface area contributed by atoms with Gasteiger partial charge in [0.15, 0.2) is 0 Å². The minimum absolute atomic E-state index is 0.0600. The molecule has 1 fully saturated rings. The molecule has 0 saturated carbocycles. The van der Waals surface area contributed by atoms with E-state index in [4.69, 9.17) is 0 Å². The van der Waals surface area contributed by atoms with Crippen molar-refractivity contribution >= 4 is 29.5 Å². The number of carbonyl (C=O) groups excluding carboxylic acids is 5. The number of nitrogens with one attached hydrogen (secondary N) is 4. The highest BCUT2D eigenvalue weighted by atomic mass is 16.2. The second-order valence-corrected chi connectivity index (χ2v) is 13.9. The van der Waals surface area contributed by atoms with Gasteiger partial charge in [0.2, 0.25) is 29.5 Å². The van der Waals surface area contributed by atoms with Crippen LogP contribution < -0.4 is 21.3 Å². The van der Waals surface area contributed by atoms with E-state index in [1.807, 2.05) is 85.7 Å². The fraction of sp³-hybridized carbons (Fsp3) is 0.676. The maximum Gasteiger partial charge on any atom is 0.245 e. The van der Waals surface area contributed by atoms with E-state index < -0.39 is 53.8 Å². The number of likely N-dealkylation sites (N-methyl/N-ethyl adjacent to an activating group) is 1. The quantitative estimate of drug-likeness (QED) is 0.321. The van der Waals surface area contributed by atoms with Gasteiger partial charge in [0.25, 0.3) is 0 Å². The zero-order valence-electron chi connectivity index (χ0n) is 28.1. The Labute approximate surface area is 263 Å². The van der Waals surface area contributed by atoms with Crippen molar-refractivity contribution in [2.75, 3.05) is 7.05 Å². The molecule has 1 aliphatic rings. The van der Waals surface area contributed by atoms with Gasteiger partial charge in [-0.2, -0.15) is 0 Å². The monoisotopic (exact) mass is 613 g/mol. The first kappa shape index (κ1) is 36.8. The van der Waals surface area contributed by atoms with Crippen LogP contribution in [0.4, 0.5) is 0 Å². The lowest BCUT2D eigenvalue weighted by atomic mass is 9.97. The maximum absolute atomic E-state index is 14.0. The Morgan fingerprint density at radius 2 is 0.932 bits per heavy atom. The average Bonchev–Trinajstić information content (AvgIpc) is 2.92. The van der Waals surface area contributed by atoms with Gasteiger partial charge in [0.1, 0.15) is 30.2 Å². The summed E-state index contributed by atoms with van der Waals surface area (Å²) in [5.41, 5.74) is 0.837. The lowest BCUT2D eigenvalue weighted by molar-refractivity contribution is -0.143. The molecule has 44 heavy (non-hydrogen) atoms. The van der Waals surface area contributed by atoms with Crippen LogP contribution in [0.25, 0.3) is 0 Å². The second-order valence-electron chi connectivity index (χ2n) is 13.9. The van der Waals surface area contributed by atoms with Crippen molar-refractivity contribution in [2.45, 2.75) is 118 Å². The third-order valence-corrected chi connectivity index (χ3v) is 7.73. The average molecular weight is 614 g/mol. The fourth-order valence-corrected chi connectivity index (χ4v) is 5.53. The van der Waals surface area contributed by atoms with E-state index in [1.54, 1.807) is 7.05 Å². The van der Waals surface area contributed by atoms with Crippen LogP contribution in [0, 0.1) is 23.7 Å². The number of hydrogen-bond donors (Lipinski definition) is 4. The largest absolute Gasteiger partial charge is 0.343 e. The van der Waals surface area contributed by atoms with E-state index >= 15 is 0 Å². The summed E-state index contributed by atoms with van der Waals surface area (Å²) in [5, 5.41) is 11.6. The Hall–Kier alpha value is -3.43. The number of nitrogens with zero attached hydrogens (tertiary/aromatic N) is 1. The van der Waals surface area contributed by atoms with Gasteiger partial charge >= 0.3 is 0 Å². The molecular formula is C34H55N5O5. The zero-order valence-corrected chi connectivity index (χ0v) is 28.1. The molecule has 2 rings (SSSR count). The topological polar surface area (TPSA) is 137 Å². The Morgan fingerprint density at radius 3 is 1.39 bits per heavy atom.